The van der Waals surface area contributed by atoms with Crippen molar-refractivity contribution in [1.29, 1.82) is 0 Å². The first-order chi connectivity index (χ1) is 21.3. The molecule has 0 saturated heterocycles. The number of benzene rings is 6. The second-order valence-corrected chi connectivity index (χ2v) is 11.1. The second-order valence-electron chi connectivity index (χ2n) is 11.1. The van der Waals surface area contributed by atoms with E-state index in [9.17, 15) is 0 Å². The SMILES string of the molecule is c1ccc2c(c1)nc(-n1c3ccccc3c3cc(-c4cccc5c4oc4ccccc45)ccc31)n1c3ccccc3nc21. The van der Waals surface area contributed by atoms with E-state index in [4.69, 9.17) is 14.4 Å². The lowest BCUT2D eigenvalue weighted by molar-refractivity contribution is 0.670. The number of fused-ring (bicyclic) bond motifs is 11. The highest BCUT2D eigenvalue weighted by Gasteiger charge is 2.20. The summed E-state index contributed by atoms with van der Waals surface area (Å²) in [5.74, 6) is 0.820. The van der Waals surface area contributed by atoms with Gasteiger partial charge in [-0.1, -0.05) is 84.9 Å². The van der Waals surface area contributed by atoms with Gasteiger partial charge < -0.3 is 4.42 Å². The Labute approximate surface area is 244 Å². The lowest BCUT2D eigenvalue weighted by atomic mass is 10.0. The number of imidazole rings is 1. The molecule has 0 spiro atoms. The Bertz CT molecular complexity index is 2740. The summed E-state index contributed by atoms with van der Waals surface area (Å²) in [5, 5.41) is 5.63. The molecule has 10 aromatic rings. The van der Waals surface area contributed by atoms with Crippen LogP contribution in [-0.2, 0) is 0 Å². The van der Waals surface area contributed by atoms with Crippen molar-refractivity contribution in [3.8, 4) is 17.1 Å². The average molecular weight is 551 g/mol. The fourth-order valence-corrected chi connectivity index (χ4v) is 6.81. The third-order valence-electron chi connectivity index (χ3n) is 8.71. The van der Waals surface area contributed by atoms with Crippen molar-refractivity contribution in [3.63, 3.8) is 0 Å². The molecule has 4 heterocycles. The van der Waals surface area contributed by atoms with E-state index in [1.807, 2.05) is 30.3 Å². The number of furan rings is 1. The van der Waals surface area contributed by atoms with Crippen LogP contribution in [0.4, 0.5) is 0 Å². The van der Waals surface area contributed by atoms with Gasteiger partial charge in [-0.15, -0.1) is 0 Å². The molecule has 0 aliphatic carbocycles. The van der Waals surface area contributed by atoms with Crippen LogP contribution in [0.5, 0.6) is 0 Å². The molecule has 0 aliphatic heterocycles. The Morgan fingerprint density at radius 1 is 0.488 bits per heavy atom. The highest BCUT2D eigenvalue weighted by Crippen LogP contribution is 2.39. The van der Waals surface area contributed by atoms with Gasteiger partial charge in [0, 0.05) is 32.5 Å². The van der Waals surface area contributed by atoms with E-state index in [1.165, 1.54) is 5.39 Å². The van der Waals surface area contributed by atoms with Crippen LogP contribution in [0.2, 0.25) is 0 Å². The summed E-state index contributed by atoms with van der Waals surface area (Å²) in [6.07, 6.45) is 0. The molecule has 0 radical (unpaired) electrons. The predicted octanol–water partition coefficient (Wildman–Crippen LogP) is 9.70. The third kappa shape index (κ3) is 3.05. The van der Waals surface area contributed by atoms with Crippen molar-refractivity contribution < 1.29 is 4.42 Å². The number of nitrogens with zero attached hydrogens (tertiary/aromatic N) is 4. The van der Waals surface area contributed by atoms with Crippen LogP contribution in [0.25, 0.3) is 88.4 Å². The minimum atomic E-state index is 0.820. The highest BCUT2D eigenvalue weighted by atomic mass is 16.3. The van der Waals surface area contributed by atoms with Gasteiger partial charge in [-0.25, -0.2) is 9.97 Å². The molecule has 0 bridgehead atoms. The first kappa shape index (κ1) is 22.7. The summed E-state index contributed by atoms with van der Waals surface area (Å²) in [6.45, 7) is 0. The quantitative estimate of drug-likeness (QED) is 0.215. The molecule has 0 N–H and O–H groups in total. The normalized spacial score (nSPS) is 12.2. The summed E-state index contributed by atoms with van der Waals surface area (Å²) in [5.41, 5.74) is 10.00. The van der Waals surface area contributed by atoms with E-state index in [2.05, 4.69) is 112 Å². The molecule has 0 atom stereocenters. The molecule has 4 aromatic heterocycles. The van der Waals surface area contributed by atoms with Crippen LogP contribution >= 0.6 is 0 Å². The zero-order valence-corrected chi connectivity index (χ0v) is 22.9. The van der Waals surface area contributed by atoms with E-state index in [-0.39, 0.29) is 0 Å². The molecule has 5 heteroatoms. The van der Waals surface area contributed by atoms with Crippen LogP contribution in [-0.4, -0.2) is 18.9 Å². The van der Waals surface area contributed by atoms with E-state index in [1.54, 1.807) is 0 Å². The lowest BCUT2D eigenvalue weighted by Crippen LogP contribution is -2.06. The topological polar surface area (TPSA) is 48.3 Å². The minimum absolute atomic E-state index is 0.820. The molecule has 5 nitrogen and oxygen atoms in total. The number of hydrogen-bond donors (Lipinski definition) is 0. The van der Waals surface area contributed by atoms with Crippen molar-refractivity contribution in [3.05, 3.63) is 133 Å². The first-order valence-corrected chi connectivity index (χ1v) is 14.4. The van der Waals surface area contributed by atoms with Crippen LogP contribution in [0, 0.1) is 0 Å². The predicted molar refractivity (Wildman–Crippen MR) is 175 cm³/mol. The van der Waals surface area contributed by atoms with E-state index >= 15 is 0 Å². The molecule has 200 valence electrons. The van der Waals surface area contributed by atoms with E-state index < -0.39 is 0 Å². The Hall–Kier alpha value is -5.94. The van der Waals surface area contributed by atoms with Gasteiger partial charge in [0.1, 0.15) is 16.8 Å². The Morgan fingerprint density at radius 3 is 2.09 bits per heavy atom. The van der Waals surface area contributed by atoms with Gasteiger partial charge in [0.05, 0.1) is 27.6 Å². The molecule has 0 saturated carbocycles. The standard InChI is InChI=1S/C38H22N4O/c1-4-15-30-28(12-1)37-39-31-16-5-7-18-34(31)42(37)38(40-30)41-32-17-6-2-10-25(32)29-22-23(20-21-33(29)41)24-13-9-14-27-26-11-3-8-19-35(26)43-36(24)27/h1-22H. The summed E-state index contributed by atoms with van der Waals surface area (Å²) >= 11 is 0. The molecule has 43 heavy (non-hydrogen) atoms. The van der Waals surface area contributed by atoms with Gasteiger partial charge in [-0.3, -0.25) is 8.97 Å². The summed E-state index contributed by atoms with van der Waals surface area (Å²) < 4.78 is 10.9. The third-order valence-corrected chi connectivity index (χ3v) is 8.71. The number of hydrogen-bond acceptors (Lipinski definition) is 3. The Kier molecular flexibility index (Phi) is 4.39. The van der Waals surface area contributed by atoms with Gasteiger partial charge in [-0.05, 0) is 54.1 Å². The smallest absolute Gasteiger partial charge is 0.221 e. The maximum Gasteiger partial charge on any atom is 0.221 e. The van der Waals surface area contributed by atoms with Crippen LogP contribution in [0.3, 0.4) is 0 Å². The Morgan fingerprint density at radius 2 is 1.19 bits per heavy atom. The van der Waals surface area contributed by atoms with Gasteiger partial charge in [0.25, 0.3) is 0 Å². The van der Waals surface area contributed by atoms with Crippen LogP contribution in [0.15, 0.2) is 138 Å². The zero-order valence-electron chi connectivity index (χ0n) is 22.9. The van der Waals surface area contributed by atoms with Gasteiger partial charge in [-0.2, -0.15) is 0 Å². The molecule has 0 amide bonds. The van der Waals surface area contributed by atoms with E-state index in [0.717, 1.165) is 83.0 Å². The number of rotatable bonds is 2. The van der Waals surface area contributed by atoms with Crippen molar-refractivity contribution in [1.82, 2.24) is 18.9 Å². The maximum atomic E-state index is 6.41. The Balaban J connectivity index is 1.31. The van der Waals surface area contributed by atoms with E-state index in [0.29, 0.717) is 0 Å². The summed E-state index contributed by atoms with van der Waals surface area (Å²) in [7, 11) is 0. The molecular formula is C38H22N4O. The molecule has 0 fully saturated rings. The van der Waals surface area contributed by atoms with Crippen LogP contribution in [0.1, 0.15) is 0 Å². The number of aromatic nitrogens is 4. The monoisotopic (exact) mass is 550 g/mol. The van der Waals surface area contributed by atoms with Gasteiger partial charge in [0.15, 0.2) is 0 Å². The fourth-order valence-electron chi connectivity index (χ4n) is 6.81. The molecule has 0 unspecified atom stereocenters. The molecule has 0 aliphatic rings. The molecule has 6 aromatic carbocycles. The van der Waals surface area contributed by atoms with Gasteiger partial charge >= 0.3 is 0 Å². The van der Waals surface area contributed by atoms with Crippen molar-refractivity contribution in [2.45, 2.75) is 0 Å². The maximum absolute atomic E-state index is 6.41. The first-order valence-electron chi connectivity index (χ1n) is 14.4. The summed E-state index contributed by atoms with van der Waals surface area (Å²) in [4.78, 5) is 10.4. The minimum Gasteiger partial charge on any atom is -0.455 e. The number of para-hydroxylation sites is 6. The zero-order chi connectivity index (χ0) is 28.1. The average Bonchev–Trinajstić information content (AvgIpc) is 3.74. The second kappa shape index (κ2) is 8.30. The van der Waals surface area contributed by atoms with Gasteiger partial charge in [0.2, 0.25) is 5.95 Å². The molecular weight excluding hydrogens is 528 g/mol. The van der Waals surface area contributed by atoms with Crippen molar-refractivity contribution in [2.75, 3.05) is 0 Å². The lowest BCUT2D eigenvalue weighted by Gasteiger charge is -2.12. The summed E-state index contributed by atoms with van der Waals surface area (Å²) in [6, 6.07) is 46.5. The fraction of sp³-hybridized carbons (Fsp3) is 0. The van der Waals surface area contributed by atoms with Crippen molar-refractivity contribution >= 4 is 71.3 Å². The highest BCUT2D eigenvalue weighted by molar-refractivity contribution is 6.13. The van der Waals surface area contributed by atoms with Crippen molar-refractivity contribution in [2.24, 2.45) is 0 Å². The largest absolute Gasteiger partial charge is 0.455 e. The molecule has 10 rings (SSSR count). The van der Waals surface area contributed by atoms with Crippen LogP contribution < -0.4 is 0 Å².